The Bertz CT molecular complexity index is 1750. The number of piperidine rings is 3. The number of nitrogens with one attached hydrogen (secondary N) is 3. The van der Waals surface area contributed by atoms with Crippen LogP contribution in [0.5, 0.6) is 0 Å². The third-order valence-corrected chi connectivity index (χ3v) is 11.5. The molecule has 5 fully saturated rings. The van der Waals surface area contributed by atoms with Crippen LogP contribution in [0.3, 0.4) is 0 Å². The van der Waals surface area contributed by atoms with E-state index in [-0.39, 0.29) is 48.9 Å². The summed E-state index contributed by atoms with van der Waals surface area (Å²) >= 11 is 0. The van der Waals surface area contributed by atoms with Crippen LogP contribution in [-0.2, 0) is 37.3 Å². The summed E-state index contributed by atoms with van der Waals surface area (Å²) in [5, 5.41) is 10.8. The van der Waals surface area contributed by atoms with E-state index in [1.54, 1.807) is 6.07 Å². The average molecular weight is 696 g/mol. The van der Waals surface area contributed by atoms with Gasteiger partial charge in [-0.15, -0.1) is 0 Å². The van der Waals surface area contributed by atoms with Gasteiger partial charge in [0.25, 0.3) is 0 Å². The fourth-order valence-corrected chi connectivity index (χ4v) is 8.98. The van der Waals surface area contributed by atoms with Crippen LogP contribution in [-0.4, -0.2) is 43.6 Å². The Morgan fingerprint density at radius 2 is 1.29 bits per heavy atom. The molecule has 3 N–H and O–H groups in total. The minimum absolute atomic E-state index is 0.0966. The van der Waals surface area contributed by atoms with E-state index in [1.807, 2.05) is 18.2 Å². The van der Waals surface area contributed by atoms with Gasteiger partial charge in [0.05, 0.1) is 31.7 Å². The summed E-state index contributed by atoms with van der Waals surface area (Å²) in [4.78, 5) is 24.0. The minimum Gasteiger partial charge on any atom is -0.462 e. The second-order valence-corrected chi connectivity index (χ2v) is 14.9. The Labute approximate surface area is 298 Å². The summed E-state index contributed by atoms with van der Waals surface area (Å²) in [7, 11) is 0. The normalized spacial score (nSPS) is 26.5. The summed E-state index contributed by atoms with van der Waals surface area (Å²) in [6.45, 7) is 9.50. The number of carbonyl (C=O) groups is 2. The maximum atomic E-state index is 16.2. The van der Waals surface area contributed by atoms with E-state index in [0.717, 1.165) is 73.8 Å². The summed E-state index contributed by atoms with van der Waals surface area (Å²) in [5.74, 6) is -0.917. The van der Waals surface area contributed by atoms with Gasteiger partial charge in [-0.05, 0) is 95.0 Å². The summed E-state index contributed by atoms with van der Waals surface area (Å²) < 4.78 is 42.6. The molecule has 1 saturated carbocycles. The fourth-order valence-electron chi connectivity index (χ4n) is 8.98. The third-order valence-electron chi connectivity index (χ3n) is 11.5. The van der Waals surface area contributed by atoms with Crippen LogP contribution in [0.25, 0.3) is 22.3 Å². The summed E-state index contributed by atoms with van der Waals surface area (Å²) in [6.07, 6.45) is 10.5. The van der Waals surface area contributed by atoms with E-state index in [2.05, 4.69) is 48.2 Å². The first kappa shape index (κ1) is 35.2. The second-order valence-electron chi connectivity index (χ2n) is 14.9. The molecule has 0 radical (unpaired) electrons. The lowest BCUT2D eigenvalue weighted by Crippen LogP contribution is -2.77. The Morgan fingerprint density at radius 1 is 0.765 bits per heavy atom. The lowest BCUT2D eigenvalue weighted by atomic mass is 9.63. The van der Waals surface area contributed by atoms with Gasteiger partial charge in [-0.2, -0.15) is 0 Å². The zero-order valence-corrected chi connectivity index (χ0v) is 29.2. The van der Waals surface area contributed by atoms with Crippen molar-refractivity contribution in [1.82, 2.24) is 16.0 Å². The van der Waals surface area contributed by atoms with Crippen molar-refractivity contribution < 1.29 is 27.8 Å². The molecule has 8 rings (SSSR count). The van der Waals surface area contributed by atoms with Gasteiger partial charge in [0, 0.05) is 36.0 Å². The van der Waals surface area contributed by atoms with Gasteiger partial charge in [0.15, 0.2) is 0 Å². The van der Waals surface area contributed by atoms with Crippen molar-refractivity contribution in [3.05, 3.63) is 108 Å². The molecule has 0 spiro atoms. The molecule has 7 nitrogen and oxygen atoms in total. The summed E-state index contributed by atoms with van der Waals surface area (Å²) in [6, 6.07) is 14.6. The molecule has 3 aromatic carbocycles. The van der Waals surface area contributed by atoms with Gasteiger partial charge in [0.2, 0.25) is 0 Å². The minimum atomic E-state index is -0.514. The number of halogens is 2. The Hall–Kier alpha value is -4.18. The number of rotatable bonds is 12. The zero-order valence-electron chi connectivity index (χ0n) is 29.2. The second kappa shape index (κ2) is 14.8. The molecule has 0 amide bonds. The third kappa shape index (κ3) is 7.43. The number of ether oxygens (including phenoxy) is 2. The molecule has 268 valence electrons. The zero-order chi connectivity index (χ0) is 35.7. The van der Waals surface area contributed by atoms with Crippen molar-refractivity contribution in [1.29, 1.82) is 0 Å². The number of carbonyl (C=O) groups excluding carboxylic acids is 2. The SMILES string of the molecule is C=CC(=O)OCCc1cc(C23CC4NC(C2)NC(C3)N4)cc(CCOC(=O)C=C)c1-c1ccc(-c2ccc(C3CCC(C)CC3)c(F)c2)c(F)c1. The van der Waals surface area contributed by atoms with Gasteiger partial charge >= 0.3 is 11.9 Å². The molecule has 4 heterocycles. The number of hydrogen-bond acceptors (Lipinski definition) is 7. The van der Waals surface area contributed by atoms with Gasteiger partial charge in [-0.1, -0.05) is 69.3 Å². The molecule has 0 unspecified atom stereocenters. The molecule has 5 aliphatic rings. The molecule has 4 bridgehead atoms. The van der Waals surface area contributed by atoms with Crippen LogP contribution in [0.1, 0.15) is 80.0 Å². The predicted molar refractivity (Wildman–Crippen MR) is 194 cm³/mol. The van der Waals surface area contributed by atoms with Crippen molar-refractivity contribution in [2.45, 2.75) is 94.5 Å². The van der Waals surface area contributed by atoms with E-state index < -0.39 is 17.8 Å². The van der Waals surface area contributed by atoms with Crippen molar-refractivity contribution >= 4 is 11.9 Å². The first-order valence-electron chi connectivity index (χ1n) is 18.3. The van der Waals surface area contributed by atoms with Crippen LogP contribution < -0.4 is 16.0 Å². The highest BCUT2D eigenvalue weighted by molar-refractivity contribution is 5.82. The van der Waals surface area contributed by atoms with Gasteiger partial charge in [-0.25, -0.2) is 18.4 Å². The summed E-state index contributed by atoms with van der Waals surface area (Å²) in [5.41, 5.74) is 5.86. The Kier molecular flexibility index (Phi) is 10.2. The molecule has 0 atom stereocenters. The molecule has 4 aliphatic heterocycles. The van der Waals surface area contributed by atoms with Crippen molar-refractivity contribution in [3.8, 4) is 22.3 Å². The van der Waals surface area contributed by atoms with Gasteiger partial charge in [-0.3, -0.25) is 16.0 Å². The predicted octanol–water partition coefficient (Wildman–Crippen LogP) is 7.33. The first-order valence-corrected chi connectivity index (χ1v) is 18.3. The van der Waals surface area contributed by atoms with Gasteiger partial charge in [0.1, 0.15) is 11.6 Å². The van der Waals surface area contributed by atoms with E-state index in [4.69, 9.17) is 9.47 Å². The van der Waals surface area contributed by atoms with Crippen molar-refractivity contribution in [2.24, 2.45) is 5.92 Å². The quantitative estimate of drug-likeness (QED) is 0.135. The molecule has 51 heavy (non-hydrogen) atoms. The van der Waals surface area contributed by atoms with Crippen LogP contribution >= 0.6 is 0 Å². The van der Waals surface area contributed by atoms with Crippen LogP contribution in [0.15, 0.2) is 73.8 Å². The van der Waals surface area contributed by atoms with E-state index in [1.165, 1.54) is 17.7 Å². The first-order chi connectivity index (χ1) is 24.6. The van der Waals surface area contributed by atoms with Crippen LogP contribution in [0.4, 0.5) is 8.78 Å². The van der Waals surface area contributed by atoms with E-state index >= 15 is 8.78 Å². The highest BCUT2D eigenvalue weighted by atomic mass is 19.1. The van der Waals surface area contributed by atoms with E-state index in [0.29, 0.717) is 41.0 Å². The van der Waals surface area contributed by atoms with Gasteiger partial charge < -0.3 is 9.47 Å². The van der Waals surface area contributed by atoms with Crippen LogP contribution in [0.2, 0.25) is 0 Å². The maximum absolute atomic E-state index is 16.2. The molecule has 4 saturated heterocycles. The lowest BCUT2D eigenvalue weighted by Gasteiger charge is -2.58. The number of benzene rings is 3. The molecular formula is C42H47F2N3O4. The monoisotopic (exact) mass is 695 g/mol. The fraction of sp³-hybridized carbons (Fsp3) is 0.429. The molecule has 1 aliphatic carbocycles. The topological polar surface area (TPSA) is 88.7 Å². The lowest BCUT2D eigenvalue weighted by molar-refractivity contribution is -0.138. The number of esters is 2. The average Bonchev–Trinajstić information content (AvgIpc) is 3.11. The number of hydrogen-bond donors (Lipinski definition) is 3. The van der Waals surface area contributed by atoms with Crippen molar-refractivity contribution in [3.63, 3.8) is 0 Å². The van der Waals surface area contributed by atoms with Crippen molar-refractivity contribution in [2.75, 3.05) is 13.2 Å². The maximum Gasteiger partial charge on any atom is 0.330 e. The highest BCUT2D eigenvalue weighted by Gasteiger charge is 2.51. The molecule has 0 aromatic heterocycles. The molecule has 3 aromatic rings. The van der Waals surface area contributed by atoms with Crippen LogP contribution in [0, 0.1) is 17.6 Å². The smallest absolute Gasteiger partial charge is 0.330 e. The Morgan fingerprint density at radius 3 is 1.80 bits per heavy atom. The molecule has 9 heteroatoms. The molecular weight excluding hydrogens is 648 g/mol. The highest BCUT2D eigenvalue weighted by Crippen LogP contribution is 2.48. The Balaban J connectivity index is 1.26. The van der Waals surface area contributed by atoms with E-state index in [9.17, 15) is 9.59 Å². The standard InChI is InChI=1S/C42H47F2N3O4/c1-4-39(48)50-16-14-29-18-31(42-22-36-45-37(23-42)47-38(24-42)46-36)19-30(15-17-51-40(49)5-2)41(29)28-11-13-33(35(44)21-28)27-10-12-32(34(43)20-27)26-8-6-25(3)7-9-26/h4-5,10-13,18-21,25-26,36-38,45-47H,1-2,6-9,14-17,22-24H2,3H3. The largest absolute Gasteiger partial charge is 0.462 e.